The predicted octanol–water partition coefficient (Wildman–Crippen LogP) is 3.33. The van der Waals surface area contributed by atoms with Crippen LogP contribution in [0.5, 0.6) is 0 Å². The minimum Gasteiger partial charge on any atom is -0.462 e. The van der Waals surface area contributed by atoms with Gasteiger partial charge in [-0.2, -0.15) is 0 Å². The Balaban J connectivity index is 1.85. The van der Waals surface area contributed by atoms with Crippen molar-refractivity contribution in [3.05, 3.63) is 0 Å². The first-order valence-electron chi connectivity index (χ1n) is 8.10. The van der Waals surface area contributed by atoms with Gasteiger partial charge in [0.2, 0.25) is 0 Å². The number of carbonyl (C=O) groups excluding carboxylic acids is 2. The van der Waals surface area contributed by atoms with Crippen molar-refractivity contribution in [2.24, 2.45) is 23.7 Å². The van der Waals surface area contributed by atoms with Gasteiger partial charge in [-0.3, -0.25) is 9.59 Å². The second kappa shape index (κ2) is 5.98. The number of esters is 2. The maximum absolute atomic E-state index is 12.3. The van der Waals surface area contributed by atoms with Gasteiger partial charge in [-0.15, -0.1) is 0 Å². The highest BCUT2D eigenvalue weighted by atomic mass is 16.6. The molecule has 0 aromatic rings. The molecule has 0 N–H and O–H groups in total. The van der Waals surface area contributed by atoms with E-state index < -0.39 is 17.4 Å². The largest absolute Gasteiger partial charge is 0.462 e. The van der Waals surface area contributed by atoms with Gasteiger partial charge in [-0.1, -0.05) is 13.8 Å². The topological polar surface area (TPSA) is 52.6 Å². The summed E-state index contributed by atoms with van der Waals surface area (Å²) >= 11 is 0. The van der Waals surface area contributed by atoms with Crippen molar-refractivity contribution >= 4 is 11.9 Å². The average molecular weight is 296 g/mol. The first kappa shape index (κ1) is 16.3. The second-order valence-corrected chi connectivity index (χ2v) is 7.76. The maximum Gasteiger partial charge on any atom is 0.310 e. The molecule has 0 amide bonds. The van der Waals surface area contributed by atoms with Crippen LogP contribution in [0.15, 0.2) is 0 Å². The zero-order valence-corrected chi connectivity index (χ0v) is 13.8. The van der Waals surface area contributed by atoms with Gasteiger partial charge >= 0.3 is 11.9 Å². The minimum absolute atomic E-state index is 0.0736. The molecule has 4 nitrogen and oxygen atoms in total. The number of hydrogen-bond acceptors (Lipinski definition) is 4. The maximum atomic E-state index is 12.3. The fourth-order valence-electron chi connectivity index (χ4n) is 3.39. The van der Waals surface area contributed by atoms with E-state index in [0.29, 0.717) is 5.92 Å². The lowest BCUT2D eigenvalue weighted by atomic mass is 9.94. The van der Waals surface area contributed by atoms with Gasteiger partial charge in [0.05, 0.1) is 11.8 Å². The van der Waals surface area contributed by atoms with Crippen molar-refractivity contribution in [2.75, 3.05) is 0 Å². The van der Waals surface area contributed by atoms with Crippen LogP contribution in [0.25, 0.3) is 0 Å². The average Bonchev–Trinajstić information content (AvgIpc) is 2.96. The predicted molar refractivity (Wildman–Crippen MR) is 79.5 cm³/mol. The molecule has 0 aromatic carbocycles. The van der Waals surface area contributed by atoms with Gasteiger partial charge in [0.15, 0.2) is 0 Å². The van der Waals surface area contributed by atoms with Crippen LogP contribution in [0.2, 0.25) is 0 Å². The lowest BCUT2D eigenvalue weighted by Gasteiger charge is -2.27. The van der Waals surface area contributed by atoms with Gasteiger partial charge < -0.3 is 9.47 Å². The van der Waals surface area contributed by atoms with Crippen molar-refractivity contribution in [2.45, 2.75) is 72.0 Å². The van der Waals surface area contributed by atoms with Crippen LogP contribution in [0.1, 0.15) is 60.3 Å². The third kappa shape index (κ3) is 3.98. The number of fused-ring (bicyclic) bond motifs is 2. The van der Waals surface area contributed by atoms with E-state index in [4.69, 9.17) is 9.47 Å². The molecule has 5 atom stereocenters. The summed E-state index contributed by atoms with van der Waals surface area (Å²) in [5.74, 6) is -0.241. The number of carbonyl (C=O) groups is 2. The van der Waals surface area contributed by atoms with E-state index in [2.05, 4.69) is 0 Å². The van der Waals surface area contributed by atoms with Crippen LogP contribution in [-0.4, -0.2) is 23.6 Å². The smallest absolute Gasteiger partial charge is 0.310 e. The van der Waals surface area contributed by atoms with Crippen LogP contribution < -0.4 is 0 Å². The van der Waals surface area contributed by atoms with Crippen molar-refractivity contribution < 1.29 is 19.1 Å². The van der Waals surface area contributed by atoms with E-state index in [1.807, 2.05) is 20.8 Å². The normalized spacial score (nSPS) is 30.8. The summed E-state index contributed by atoms with van der Waals surface area (Å²) in [5.41, 5.74) is -0.528. The number of ether oxygens (including phenoxy) is 2. The molecule has 2 rings (SSSR count). The van der Waals surface area contributed by atoms with Gasteiger partial charge in [0.25, 0.3) is 0 Å². The molecule has 0 radical (unpaired) electrons. The van der Waals surface area contributed by atoms with E-state index in [-0.39, 0.29) is 18.0 Å². The quantitative estimate of drug-likeness (QED) is 0.747. The molecule has 0 heterocycles. The van der Waals surface area contributed by atoms with Crippen LogP contribution >= 0.6 is 0 Å². The molecule has 2 aliphatic rings. The summed E-state index contributed by atoms with van der Waals surface area (Å²) in [5, 5.41) is 0. The van der Waals surface area contributed by atoms with Gasteiger partial charge in [0.1, 0.15) is 11.7 Å². The Hall–Kier alpha value is -1.06. The lowest BCUT2D eigenvalue weighted by molar-refractivity contribution is -0.169. The van der Waals surface area contributed by atoms with E-state index in [0.717, 1.165) is 12.3 Å². The third-order valence-corrected chi connectivity index (χ3v) is 4.84. The number of hydrogen-bond donors (Lipinski definition) is 0. The molecular formula is C17H28O4. The summed E-state index contributed by atoms with van der Waals surface area (Å²) in [6.07, 6.45) is 4.74. The molecule has 2 fully saturated rings. The Morgan fingerprint density at radius 2 is 1.62 bits per heavy atom. The molecule has 5 unspecified atom stereocenters. The molecule has 2 bridgehead atoms. The summed E-state index contributed by atoms with van der Waals surface area (Å²) in [4.78, 5) is 24.3. The summed E-state index contributed by atoms with van der Waals surface area (Å²) in [6.45, 7) is 8.98. The monoisotopic (exact) mass is 296 g/mol. The SMILES string of the molecule is CC(C(=O)OC1CC2CCC1C2)C(C)C(=O)OC(C)(C)C. The van der Waals surface area contributed by atoms with Crippen LogP contribution in [-0.2, 0) is 19.1 Å². The molecule has 2 saturated carbocycles. The first-order chi connectivity index (χ1) is 9.67. The van der Waals surface area contributed by atoms with Gasteiger partial charge in [-0.25, -0.2) is 0 Å². The fraction of sp³-hybridized carbons (Fsp3) is 0.882. The Labute approximate surface area is 127 Å². The Bertz CT molecular complexity index is 410. The molecular weight excluding hydrogens is 268 g/mol. The van der Waals surface area contributed by atoms with Crippen molar-refractivity contribution in [1.29, 1.82) is 0 Å². The lowest BCUT2D eigenvalue weighted by Crippen LogP contribution is -2.35. The Morgan fingerprint density at radius 1 is 1.00 bits per heavy atom. The van der Waals surface area contributed by atoms with E-state index in [1.54, 1.807) is 13.8 Å². The molecule has 120 valence electrons. The van der Waals surface area contributed by atoms with E-state index in [1.165, 1.54) is 19.3 Å². The highest BCUT2D eigenvalue weighted by Gasteiger charge is 2.42. The zero-order valence-electron chi connectivity index (χ0n) is 13.8. The summed E-state index contributed by atoms with van der Waals surface area (Å²) in [7, 11) is 0. The first-order valence-corrected chi connectivity index (χ1v) is 8.10. The van der Waals surface area contributed by atoms with Crippen LogP contribution in [0.3, 0.4) is 0 Å². The number of rotatable bonds is 4. The van der Waals surface area contributed by atoms with Gasteiger partial charge in [-0.05, 0) is 58.3 Å². The fourth-order valence-corrected chi connectivity index (χ4v) is 3.39. The zero-order chi connectivity index (χ0) is 15.8. The Morgan fingerprint density at radius 3 is 2.10 bits per heavy atom. The second-order valence-electron chi connectivity index (χ2n) is 7.76. The Kier molecular flexibility index (Phi) is 4.64. The standard InChI is InChI=1S/C17H28O4/c1-10(11(2)16(19)21-17(3,4)5)15(18)20-14-9-12-6-7-13(14)8-12/h10-14H,6-9H2,1-5H3. The highest BCUT2D eigenvalue weighted by molar-refractivity contribution is 5.81. The highest BCUT2D eigenvalue weighted by Crippen LogP contribution is 2.46. The molecule has 0 saturated heterocycles. The summed E-state index contributed by atoms with van der Waals surface area (Å²) in [6, 6.07) is 0. The molecule has 0 aliphatic heterocycles. The third-order valence-electron chi connectivity index (χ3n) is 4.84. The molecule has 0 spiro atoms. The van der Waals surface area contributed by atoms with E-state index >= 15 is 0 Å². The minimum atomic E-state index is -0.528. The summed E-state index contributed by atoms with van der Waals surface area (Å²) < 4.78 is 11.0. The van der Waals surface area contributed by atoms with Crippen LogP contribution in [0, 0.1) is 23.7 Å². The van der Waals surface area contributed by atoms with Crippen LogP contribution in [0.4, 0.5) is 0 Å². The molecule has 2 aliphatic carbocycles. The molecule has 21 heavy (non-hydrogen) atoms. The van der Waals surface area contributed by atoms with Crippen molar-refractivity contribution in [3.63, 3.8) is 0 Å². The molecule has 0 aromatic heterocycles. The van der Waals surface area contributed by atoms with Crippen molar-refractivity contribution in [3.8, 4) is 0 Å². The van der Waals surface area contributed by atoms with Crippen molar-refractivity contribution in [1.82, 2.24) is 0 Å². The van der Waals surface area contributed by atoms with E-state index in [9.17, 15) is 9.59 Å². The molecule has 4 heteroatoms. The van der Waals surface area contributed by atoms with Gasteiger partial charge in [0, 0.05) is 0 Å².